The van der Waals surface area contributed by atoms with Crippen LogP contribution in [0.2, 0.25) is 0 Å². The van der Waals surface area contributed by atoms with E-state index in [1.807, 2.05) is 13.8 Å². The lowest BCUT2D eigenvalue weighted by molar-refractivity contribution is 0.140. The fourth-order valence-electron chi connectivity index (χ4n) is 3.58. The summed E-state index contributed by atoms with van der Waals surface area (Å²) in [4.78, 5) is 12.6. The lowest BCUT2D eigenvalue weighted by atomic mass is 9.99. The van der Waals surface area contributed by atoms with Crippen molar-refractivity contribution in [3.63, 3.8) is 0 Å². The summed E-state index contributed by atoms with van der Waals surface area (Å²) in [5, 5.41) is 0. The summed E-state index contributed by atoms with van der Waals surface area (Å²) in [6.07, 6.45) is 13.2. The number of hydrogen-bond acceptors (Lipinski definition) is 2. The van der Waals surface area contributed by atoms with Crippen molar-refractivity contribution < 1.29 is 9.53 Å². The van der Waals surface area contributed by atoms with Gasteiger partial charge < -0.3 is 4.74 Å². The smallest absolute Gasteiger partial charge is 0.326 e. The Kier molecular flexibility index (Phi) is 6.13. The molecule has 2 nitrogen and oxygen atoms in total. The molecule has 0 N–H and O–H groups in total. The Morgan fingerprint density at radius 1 is 0.895 bits per heavy atom. The van der Waals surface area contributed by atoms with Crippen LogP contribution in [-0.4, -0.2) is 23.1 Å². The molecule has 0 bridgehead atoms. The fourth-order valence-corrected chi connectivity index (χ4v) is 6.95. The van der Waals surface area contributed by atoms with Gasteiger partial charge in [-0.1, -0.05) is 38.5 Å². The zero-order chi connectivity index (χ0) is 13.7. The van der Waals surface area contributed by atoms with Crippen molar-refractivity contribution in [1.82, 2.24) is 0 Å². The van der Waals surface area contributed by atoms with Gasteiger partial charge in [0, 0.05) is 7.92 Å². The van der Waals surface area contributed by atoms with Crippen molar-refractivity contribution in [3.8, 4) is 0 Å². The first-order valence-electron chi connectivity index (χ1n) is 8.17. The molecule has 2 aliphatic carbocycles. The van der Waals surface area contributed by atoms with Crippen LogP contribution in [0.1, 0.15) is 78.1 Å². The number of hydrogen-bond donors (Lipinski definition) is 0. The van der Waals surface area contributed by atoms with E-state index in [0.717, 1.165) is 0 Å². The van der Waals surface area contributed by atoms with Crippen LogP contribution in [-0.2, 0) is 4.74 Å². The second-order valence-electron chi connectivity index (χ2n) is 6.42. The van der Waals surface area contributed by atoms with Crippen molar-refractivity contribution >= 4 is 13.6 Å². The first-order chi connectivity index (χ1) is 9.18. The maximum Gasteiger partial charge on any atom is 0.326 e. The van der Waals surface area contributed by atoms with Crippen LogP contribution < -0.4 is 0 Å². The van der Waals surface area contributed by atoms with Gasteiger partial charge in [-0.3, -0.25) is 0 Å². The van der Waals surface area contributed by atoms with Gasteiger partial charge in [0.1, 0.15) is 0 Å². The fraction of sp³-hybridized carbons (Fsp3) is 0.938. The second-order valence-corrected chi connectivity index (χ2v) is 9.06. The molecule has 2 rings (SSSR count). The minimum atomic E-state index is -0.552. The molecule has 2 saturated carbocycles. The zero-order valence-electron chi connectivity index (χ0n) is 12.6. The molecule has 0 aromatic rings. The third-order valence-electron chi connectivity index (χ3n) is 4.48. The number of carbonyl (C=O) groups excluding carboxylic acids is 1. The van der Waals surface area contributed by atoms with E-state index in [1.54, 1.807) is 0 Å². The van der Waals surface area contributed by atoms with Gasteiger partial charge in [0.05, 0.1) is 6.10 Å². The van der Waals surface area contributed by atoms with E-state index in [4.69, 9.17) is 4.74 Å². The predicted octanol–water partition coefficient (Wildman–Crippen LogP) is 5.68. The molecule has 19 heavy (non-hydrogen) atoms. The van der Waals surface area contributed by atoms with Crippen molar-refractivity contribution in [2.24, 2.45) is 0 Å². The molecule has 0 unspecified atom stereocenters. The molecule has 0 aliphatic heterocycles. The van der Waals surface area contributed by atoms with Gasteiger partial charge in [-0.2, -0.15) is 0 Å². The summed E-state index contributed by atoms with van der Waals surface area (Å²) in [7, 11) is -0.552. The Morgan fingerprint density at radius 2 is 1.32 bits per heavy atom. The van der Waals surface area contributed by atoms with Crippen LogP contribution in [0.5, 0.6) is 0 Å². The Morgan fingerprint density at radius 3 is 1.68 bits per heavy atom. The van der Waals surface area contributed by atoms with E-state index in [0.29, 0.717) is 11.3 Å². The first kappa shape index (κ1) is 15.3. The highest BCUT2D eigenvalue weighted by molar-refractivity contribution is 7.75. The number of rotatable bonds is 4. The van der Waals surface area contributed by atoms with E-state index in [2.05, 4.69) is 0 Å². The zero-order valence-corrected chi connectivity index (χ0v) is 13.5. The number of ether oxygens (including phenoxy) is 1. The summed E-state index contributed by atoms with van der Waals surface area (Å²) in [6, 6.07) is 0. The molecule has 110 valence electrons. The van der Waals surface area contributed by atoms with E-state index in [-0.39, 0.29) is 11.8 Å². The van der Waals surface area contributed by atoms with Crippen LogP contribution in [0.25, 0.3) is 0 Å². The molecular weight excluding hydrogens is 255 g/mol. The van der Waals surface area contributed by atoms with E-state index in [9.17, 15) is 4.79 Å². The third-order valence-corrected chi connectivity index (χ3v) is 7.62. The van der Waals surface area contributed by atoms with Crippen LogP contribution in [0.15, 0.2) is 0 Å². The summed E-state index contributed by atoms with van der Waals surface area (Å²) >= 11 is 0. The standard InChI is InChI=1S/C16H29O2P/c1-13(2)18-16(17)19(14-9-5-3-6-10-14)15-11-7-4-8-12-15/h13-15H,3-12H2,1-2H3. The molecule has 0 heterocycles. The highest BCUT2D eigenvalue weighted by atomic mass is 31.1. The molecule has 0 saturated heterocycles. The topological polar surface area (TPSA) is 26.3 Å². The molecule has 2 aliphatic rings. The van der Waals surface area contributed by atoms with Crippen molar-refractivity contribution in [2.75, 3.05) is 0 Å². The third kappa shape index (κ3) is 4.45. The van der Waals surface area contributed by atoms with Crippen molar-refractivity contribution in [1.29, 1.82) is 0 Å². The Balaban J connectivity index is 2.04. The summed E-state index contributed by atoms with van der Waals surface area (Å²) in [5.74, 6) is 0. The maximum atomic E-state index is 12.6. The van der Waals surface area contributed by atoms with E-state index in [1.165, 1.54) is 64.2 Å². The van der Waals surface area contributed by atoms with Gasteiger partial charge >= 0.3 is 5.71 Å². The van der Waals surface area contributed by atoms with Gasteiger partial charge in [0.25, 0.3) is 0 Å². The minimum absolute atomic E-state index is 0.0460. The normalized spacial score (nSPS) is 22.9. The molecule has 0 radical (unpaired) electrons. The highest BCUT2D eigenvalue weighted by Crippen LogP contribution is 2.56. The minimum Gasteiger partial charge on any atom is -0.460 e. The Labute approximate surface area is 119 Å². The molecule has 0 spiro atoms. The molecule has 0 atom stereocenters. The first-order valence-corrected chi connectivity index (χ1v) is 9.65. The average Bonchev–Trinajstić information content (AvgIpc) is 2.40. The largest absolute Gasteiger partial charge is 0.460 e. The molecule has 0 aromatic heterocycles. The second kappa shape index (κ2) is 7.62. The van der Waals surface area contributed by atoms with Gasteiger partial charge in [0.2, 0.25) is 0 Å². The van der Waals surface area contributed by atoms with Crippen molar-refractivity contribution in [2.45, 2.75) is 95.5 Å². The number of carbonyl (C=O) groups is 1. The lowest BCUT2D eigenvalue weighted by Gasteiger charge is -2.36. The summed E-state index contributed by atoms with van der Waals surface area (Å²) in [5.41, 5.74) is 1.50. The van der Waals surface area contributed by atoms with Gasteiger partial charge in [-0.05, 0) is 50.8 Å². The lowest BCUT2D eigenvalue weighted by Crippen LogP contribution is -2.26. The average molecular weight is 284 g/mol. The van der Waals surface area contributed by atoms with E-state index < -0.39 is 7.92 Å². The van der Waals surface area contributed by atoms with Crippen LogP contribution >= 0.6 is 7.92 Å². The molecule has 0 amide bonds. The molecule has 3 heteroatoms. The summed E-state index contributed by atoms with van der Waals surface area (Å²) < 4.78 is 5.61. The molecular formula is C16H29O2P. The molecule has 0 aromatic carbocycles. The van der Waals surface area contributed by atoms with Gasteiger partial charge in [0.15, 0.2) is 0 Å². The predicted molar refractivity (Wildman–Crippen MR) is 82.3 cm³/mol. The van der Waals surface area contributed by atoms with Gasteiger partial charge in [-0.25, -0.2) is 4.79 Å². The van der Waals surface area contributed by atoms with Crippen molar-refractivity contribution in [3.05, 3.63) is 0 Å². The van der Waals surface area contributed by atoms with Crippen LogP contribution in [0.3, 0.4) is 0 Å². The quantitative estimate of drug-likeness (QED) is 0.621. The maximum absolute atomic E-state index is 12.6. The monoisotopic (exact) mass is 284 g/mol. The Bertz CT molecular complexity index is 260. The van der Waals surface area contributed by atoms with E-state index >= 15 is 0 Å². The van der Waals surface area contributed by atoms with Crippen LogP contribution in [0, 0.1) is 0 Å². The highest BCUT2D eigenvalue weighted by Gasteiger charge is 2.37. The SMILES string of the molecule is CC(C)OC(=O)P(C1CCCCC1)C1CCCCC1. The molecule has 2 fully saturated rings. The summed E-state index contributed by atoms with van der Waals surface area (Å²) in [6.45, 7) is 3.96. The van der Waals surface area contributed by atoms with Crippen LogP contribution in [0.4, 0.5) is 4.79 Å². The van der Waals surface area contributed by atoms with Gasteiger partial charge in [-0.15, -0.1) is 0 Å². The Hall–Kier alpha value is -0.100.